The zero-order valence-corrected chi connectivity index (χ0v) is 12.7. The Morgan fingerprint density at radius 1 is 1.05 bits per heavy atom. The second kappa shape index (κ2) is 5.89. The van der Waals surface area contributed by atoms with Gasteiger partial charge >= 0.3 is 5.69 Å². The second-order valence-electron chi connectivity index (χ2n) is 5.17. The van der Waals surface area contributed by atoms with E-state index in [0.717, 1.165) is 11.1 Å². The standard InChI is InChI=1S/C17H18N4O/c1-13-8-10-15(11-9-13)16-19-20(17(22)21(16)18-2)12-14-6-4-3-5-7-14/h3-11,18H,12H2,1-2H3. The molecule has 3 aromatic rings. The number of benzene rings is 2. The molecule has 0 saturated carbocycles. The first-order valence-corrected chi connectivity index (χ1v) is 7.17. The third-order valence-electron chi connectivity index (χ3n) is 3.55. The highest BCUT2D eigenvalue weighted by atomic mass is 16.2. The highest BCUT2D eigenvalue weighted by Gasteiger charge is 2.14. The molecule has 112 valence electrons. The topological polar surface area (TPSA) is 51.9 Å². The quantitative estimate of drug-likeness (QED) is 0.803. The summed E-state index contributed by atoms with van der Waals surface area (Å²) in [6, 6.07) is 17.8. The predicted octanol–water partition coefficient (Wildman–Crippen LogP) is 2.24. The van der Waals surface area contributed by atoms with Crippen LogP contribution in [0.4, 0.5) is 0 Å². The fourth-order valence-electron chi connectivity index (χ4n) is 2.36. The van der Waals surface area contributed by atoms with Crippen molar-refractivity contribution in [2.75, 3.05) is 12.5 Å². The van der Waals surface area contributed by atoms with E-state index in [-0.39, 0.29) is 5.69 Å². The average Bonchev–Trinajstić information content (AvgIpc) is 2.85. The fraction of sp³-hybridized carbons (Fsp3) is 0.176. The van der Waals surface area contributed by atoms with Crippen molar-refractivity contribution in [1.82, 2.24) is 14.5 Å². The van der Waals surface area contributed by atoms with Crippen LogP contribution in [-0.2, 0) is 6.54 Å². The summed E-state index contributed by atoms with van der Waals surface area (Å²) in [5, 5.41) is 4.48. The Morgan fingerprint density at radius 2 is 1.73 bits per heavy atom. The molecule has 0 bridgehead atoms. The lowest BCUT2D eigenvalue weighted by Gasteiger charge is -2.03. The van der Waals surface area contributed by atoms with Gasteiger partial charge in [0.05, 0.1) is 6.54 Å². The van der Waals surface area contributed by atoms with Crippen LogP contribution < -0.4 is 11.1 Å². The van der Waals surface area contributed by atoms with Crippen molar-refractivity contribution in [3.8, 4) is 11.4 Å². The van der Waals surface area contributed by atoms with E-state index in [9.17, 15) is 4.79 Å². The minimum absolute atomic E-state index is 0.179. The Morgan fingerprint density at radius 3 is 2.36 bits per heavy atom. The maximum atomic E-state index is 12.5. The summed E-state index contributed by atoms with van der Waals surface area (Å²) in [6.07, 6.45) is 0. The zero-order chi connectivity index (χ0) is 15.5. The lowest BCUT2D eigenvalue weighted by molar-refractivity contribution is 0.649. The van der Waals surface area contributed by atoms with Crippen LogP contribution in [0.2, 0.25) is 0 Å². The van der Waals surface area contributed by atoms with E-state index in [1.165, 1.54) is 14.9 Å². The summed E-state index contributed by atoms with van der Waals surface area (Å²) >= 11 is 0. The van der Waals surface area contributed by atoms with Crippen LogP contribution in [-0.4, -0.2) is 21.5 Å². The lowest BCUT2D eigenvalue weighted by Crippen LogP contribution is -2.29. The molecule has 0 radical (unpaired) electrons. The average molecular weight is 294 g/mol. The second-order valence-corrected chi connectivity index (χ2v) is 5.17. The van der Waals surface area contributed by atoms with E-state index in [1.807, 2.05) is 61.5 Å². The Bertz CT molecular complexity index is 816. The number of nitrogens with one attached hydrogen (secondary N) is 1. The van der Waals surface area contributed by atoms with Crippen molar-refractivity contribution >= 4 is 0 Å². The Hall–Kier alpha value is -2.82. The van der Waals surface area contributed by atoms with Crippen LogP contribution in [0.25, 0.3) is 11.4 Å². The lowest BCUT2D eigenvalue weighted by atomic mass is 10.1. The number of aromatic nitrogens is 3. The molecule has 5 heteroatoms. The molecule has 1 aromatic heterocycles. The predicted molar refractivity (Wildman–Crippen MR) is 87.5 cm³/mol. The molecule has 22 heavy (non-hydrogen) atoms. The third-order valence-corrected chi connectivity index (χ3v) is 3.55. The summed E-state index contributed by atoms with van der Waals surface area (Å²) in [4.78, 5) is 12.5. The van der Waals surface area contributed by atoms with Gasteiger partial charge in [0.15, 0.2) is 5.82 Å². The van der Waals surface area contributed by atoms with Gasteiger partial charge in [-0.2, -0.15) is 4.68 Å². The van der Waals surface area contributed by atoms with Crippen LogP contribution in [0.15, 0.2) is 59.4 Å². The highest BCUT2D eigenvalue weighted by molar-refractivity contribution is 5.55. The number of nitrogens with zero attached hydrogens (tertiary/aromatic N) is 3. The smallest absolute Gasteiger partial charge is 0.323 e. The minimum Gasteiger partial charge on any atom is -0.323 e. The number of hydrogen-bond acceptors (Lipinski definition) is 3. The molecule has 0 amide bonds. The maximum Gasteiger partial charge on any atom is 0.365 e. The van der Waals surface area contributed by atoms with Crippen molar-refractivity contribution in [1.29, 1.82) is 0 Å². The summed E-state index contributed by atoms with van der Waals surface area (Å²) in [7, 11) is 1.72. The van der Waals surface area contributed by atoms with Gasteiger partial charge in [0.1, 0.15) is 0 Å². The van der Waals surface area contributed by atoms with E-state index in [0.29, 0.717) is 12.4 Å². The van der Waals surface area contributed by atoms with Crippen molar-refractivity contribution in [3.05, 3.63) is 76.2 Å². The van der Waals surface area contributed by atoms with Gasteiger partial charge in [-0.05, 0) is 12.5 Å². The maximum absolute atomic E-state index is 12.5. The van der Waals surface area contributed by atoms with Crippen molar-refractivity contribution in [2.24, 2.45) is 0 Å². The van der Waals surface area contributed by atoms with Crippen LogP contribution in [0.1, 0.15) is 11.1 Å². The summed E-state index contributed by atoms with van der Waals surface area (Å²) in [5.41, 5.74) is 5.85. The van der Waals surface area contributed by atoms with Crippen LogP contribution >= 0.6 is 0 Å². The largest absolute Gasteiger partial charge is 0.365 e. The normalized spacial score (nSPS) is 10.6. The molecular weight excluding hydrogens is 276 g/mol. The molecule has 0 atom stereocenters. The first kappa shape index (κ1) is 14.1. The van der Waals surface area contributed by atoms with Crippen LogP contribution in [0, 0.1) is 6.92 Å². The van der Waals surface area contributed by atoms with Crippen molar-refractivity contribution in [3.63, 3.8) is 0 Å². The number of rotatable bonds is 4. The van der Waals surface area contributed by atoms with E-state index in [2.05, 4.69) is 10.5 Å². The van der Waals surface area contributed by atoms with Crippen LogP contribution in [0.5, 0.6) is 0 Å². The van der Waals surface area contributed by atoms with Gasteiger partial charge in [0.25, 0.3) is 0 Å². The van der Waals surface area contributed by atoms with E-state index >= 15 is 0 Å². The molecule has 0 aliphatic carbocycles. The first-order valence-electron chi connectivity index (χ1n) is 7.17. The highest BCUT2D eigenvalue weighted by Crippen LogP contribution is 2.15. The molecule has 0 fully saturated rings. The van der Waals surface area contributed by atoms with E-state index in [4.69, 9.17) is 0 Å². The fourth-order valence-corrected chi connectivity index (χ4v) is 2.36. The molecule has 5 nitrogen and oxygen atoms in total. The Labute approximate surface area is 128 Å². The zero-order valence-electron chi connectivity index (χ0n) is 12.7. The molecule has 3 rings (SSSR count). The van der Waals surface area contributed by atoms with E-state index < -0.39 is 0 Å². The minimum atomic E-state index is -0.179. The van der Waals surface area contributed by atoms with Gasteiger partial charge in [0, 0.05) is 12.6 Å². The molecule has 0 unspecified atom stereocenters. The Kier molecular flexibility index (Phi) is 3.78. The molecule has 1 heterocycles. The molecule has 0 saturated heterocycles. The number of aryl methyl sites for hydroxylation is 1. The Balaban J connectivity index is 2.03. The first-order chi connectivity index (χ1) is 10.7. The van der Waals surface area contributed by atoms with Crippen molar-refractivity contribution in [2.45, 2.75) is 13.5 Å². The summed E-state index contributed by atoms with van der Waals surface area (Å²) in [6.45, 7) is 2.48. The van der Waals surface area contributed by atoms with Gasteiger partial charge in [-0.15, -0.1) is 5.10 Å². The van der Waals surface area contributed by atoms with Crippen molar-refractivity contribution < 1.29 is 0 Å². The molecule has 0 aliphatic heterocycles. The van der Waals surface area contributed by atoms with Gasteiger partial charge in [-0.3, -0.25) is 0 Å². The summed E-state index contributed by atoms with van der Waals surface area (Å²) in [5.74, 6) is 0.614. The molecule has 2 aromatic carbocycles. The number of hydrogen-bond donors (Lipinski definition) is 1. The molecule has 1 N–H and O–H groups in total. The van der Waals surface area contributed by atoms with Gasteiger partial charge in [-0.1, -0.05) is 60.2 Å². The van der Waals surface area contributed by atoms with Gasteiger partial charge < -0.3 is 5.43 Å². The molecule has 0 spiro atoms. The van der Waals surface area contributed by atoms with E-state index in [1.54, 1.807) is 7.05 Å². The third kappa shape index (κ3) is 2.65. The molecular formula is C17H18N4O. The van der Waals surface area contributed by atoms with Crippen LogP contribution in [0.3, 0.4) is 0 Å². The SMILES string of the molecule is CNn1c(-c2ccc(C)cc2)nn(Cc2ccccc2)c1=O. The van der Waals surface area contributed by atoms with Gasteiger partial charge in [-0.25, -0.2) is 9.48 Å². The monoisotopic (exact) mass is 294 g/mol. The molecule has 0 aliphatic rings. The van der Waals surface area contributed by atoms with Gasteiger partial charge in [0.2, 0.25) is 0 Å². The summed E-state index contributed by atoms with van der Waals surface area (Å²) < 4.78 is 2.94.